The van der Waals surface area contributed by atoms with Crippen molar-refractivity contribution in [1.82, 2.24) is 5.32 Å². The number of thiocarbonyl (C=S) groups is 1. The number of nitrogens with one attached hydrogen (secondary N) is 2. The quantitative estimate of drug-likeness (QED) is 0.579. The van der Waals surface area contributed by atoms with Gasteiger partial charge in [-0.05, 0) is 29.9 Å². The van der Waals surface area contributed by atoms with Crippen LogP contribution in [0.5, 0.6) is 0 Å². The van der Waals surface area contributed by atoms with E-state index in [0.717, 1.165) is 11.3 Å². The molecular weight excluding hydrogens is 214 g/mol. The first-order chi connectivity index (χ1) is 7.08. The monoisotopic (exact) mass is 225 g/mol. The minimum Gasteiger partial charge on any atom is -0.465 e. The lowest BCUT2D eigenvalue weighted by molar-refractivity contribution is 0.194. The molecule has 0 saturated carbocycles. The molecule has 0 saturated heterocycles. The van der Waals surface area contributed by atoms with Crippen molar-refractivity contribution in [3.63, 3.8) is 0 Å². The zero-order valence-corrected chi connectivity index (χ0v) is 8.67. The molecule has 1 rings (SSSR count). The molecular formula is C9H11N3O2S. The Labute approximate surface area is 92.3 Å². The van der Waals surface area contributed by atoms with Crippen molar-refractivity contribution in [2.45, 2.75) is 6.54 Å². The van der Waals surface area contributed by atoms with E-state index in [2.05, 4.69) is 22.9 Å². The Morgan fingerprint density at radius 3 is 2.47 bits per heavy atom. The third-order valence-electron chi connectivity index (χ3n) is 1.67. The van der Waals surface area contributed by atoms with Crippen molar-refractivity contribution < 1.29 is 9.90 Å². The molecule has 0 unspecified atom stereocenters. The van der Waals surface area contributed by atoms with E-state index in [1.165, 1.54) is 0 Å². The molecule has 0 atom stereocenters. The average molecular weight is 225 g/mol. The molecule has 1 aromatic carbocycles. The number of hydrogen-bond acceptors (Lipinski definition) is 2. The van der Waals surface area contributed by atoms with Crippen LogP contribution in [0.4, 0.5) is 10.5 Å². The zero-order valence-electron chi connectivity index (χ0n) is 7.86. The first kappa shape index (κ1) is 11.3. The summed E-state index contributed by atoms with van der Waals surface area (Å²) in [5.41, 5.74) is 6.94. The number of hydrogen-bond donors (Lipinski definition) is 4. The molecule has 1 aromatic rings. The molecule has 1 amide bonds. The summed E-state index contributed by atoms with van der Waals surface area (Å²) in [6, 6.07) is 7.13. The first-order valence-electron chi connectivity index (χ1n) is 4.20. The Morgan fingerprint density at radius 2 is 2.00 bits per heavy atom. The lowest BCUT2D eigenvalue weighted by Gasteiger charge is -2.05. The largest absolute Gasteiger partial charge is 0.465 e. The van der Waals surface area contributed by atoms with E-state index in [0.29, 0.717) is 0 Å². The van der Waals surface area contributed by atoms with Gasteiger partial charge in [-0.1, -0.05) is 12.1 Å². The van der Waals surface area contributed by atoms with E-state index in [-0.39, 0.29) is 11.7 Å². The third kappa shape index (κ3) is 4.28. The summed E-state index contributed by atoms with van der Waals surface area (Å²) in [7, 11) is 0. The van der Waals surface area contributed by atoms with E-state index in [1.54, 1.807) is 24.3 Å². The molecule has 80 valence electrons. The zero-order chi connectivity index (χ0) is 11.3. The summed E-state index contributed by atoms with van der Waals surface area (Å²) in [6.45, 7) is 0.280. The Bertz CT molecular complexity index is 364. The summed E-state index contributed by atoms with van der Waals surface area (Å²) in [5.74, 6) is 0. The number of benzene rings is 1. The Hall–Kier alpha value is -1.82. The average Bonchev–Trinajstić information content (AvgIpc) is 2.16. The normalized spacial score (nSPS) is 9.33. The molecule has 0 aliphatic heterocycles. The van der Waals surface area contributed by atoms with Gasteiger partial charge in [0, 0.05) is 12.2 Å². The van der Waals surface area contributed by atoms with Gasteiger partial charge in [0.25, 0.3) is 0 Å². The molecule has 15 heavy (non-hydrogen) atoms. The summed E-state index contributed by atoms with van der Waals surface area (Å²) in [6.07, 6.45) is -1.04. The van der Waals surface area contributed by atoms with Crippen LogP contribution < -0.4 is 16.4 Å². The van der Waals surface area contributed by atoms with E-state index >= 15 is 0 Å². The van der Waals surface area contributed by atoms with Crippen molar-refractivity contribution >= 4 is 29.1 Å². The molecule has 0 bridgehead atoms. The van der Waals surface area contributed by atoms with Gasteiger partial charge in [0.2, 0.25) is 0 Å². The fourth-order valence-electron chi connectivity index (χ4n) is 1.03. The fraction of sp³-hybridized carbons (Fsp3) is 0.111. The predicted octanol–water partition coefficient (Wildman–Crippen LogP) is 1.11. The maximum atomic E-state index is 10.2. The summed E-state index contributed by atoms with van der Waals surface area (Å²) < 4.78 is 0. The van der Waals surface area contributed by atoms with E-state index in [4.69, 9.17) is 10.8 Å². The van der Waals surface area contributed by atoms with Crippen LogP contribution in [0, 0.1) is 0 Å². The van der Waals surface area contributed by atoms with Gasteiger partial charge in [0.05, 0.1) is 0 Å². The molecule has 5 nitrogen and oxygen atoms in total. The van der Waals surface area contributed by atoms with Crippen molar-refractivity contribution in [1.29, 1.82) is 0 Å². The smallest absolute Gasteiger partial charge is 0.404 e. The van der Waals surface area contributed by atoms with Crippen LogP contribution in [-0.2, 0) is 6.54 Å². The summed E-state index contributed by atoms with van der Waals surface area (Å²) in [4.78, 5) is 10.2. The van der Waals surface area contributed by atoms with Gasteiger partial charge in [-0.15, -0.1) is 0 Å². The lowest BCUT2D eigenvalue weighted by atomic mass is 10.2. The topological polar surface area (TPSA) is 87.4 Å². The Balaban J connectivity index is 2.56. The van der Waals surface area contributed by atoms with Gasteiger partial charge >= 0.3 is 6.09 Å². The van der Waals surface area contributed by atoms with Crippen LogP contribution in [0.15, 0.2) is 24.3 Å². The van der Waals surface area contributed by atoms with Crippen molar-refractivity contribution in [3.05, 3.63) is 29.8 Å². The maximum absolute atomic E-state index is 10.2. The number of carbonyl (C=O) groups is 1. The molecule has 0 aromatic heterocycles. The van der Waals surface area contributed by atoms with Crippen molar-refractivity contribution in [2.75, 3.05) is 5.32 Å². The minimum absolute atomic E-state index is 0.200. The molecule has 0 heterocycles. The van der Waals surface area contributed by atoms with Gasteiger partial charge < -0.3 is 21.5 Å². The van der Waals surface area contributed by atoms with Gasteiger partial charge in [-0.3, -0.25) is 0 Å². The standard InChI is InChI=1S/C9H11N3O2S/c10-8(15)12-7-3-1-6(2-4-7)5-11-9(13)14/h1-4,11H,5H2,(H,13,14)(H3,10,12,15). The van der Waals surface area contributed by atoms with Crippen LogP contribution in [0.2, 0.25) is 0 Å². The third-order valence-corrected chi connectivity index (χ3v) is 1.77. The van der Waals surface area contributed by atoms with Crippen molar-refractivity contribution in [2.24, 2.45) is 5.73 Å². The number of nitrogens with two attached hydrogens (primary N) is 1. The second-order valence-corrected chi connectivity index (χ2v) is 3.28. The predicted molar refractivity (Wildman–Crippen MR) is 61.7 cm³/mol. The number of rotatable bonds is 3. The van der Waals surface area contributed by atoms with Gasteiger partial charge in [0.1, 0.15) is 0 Å². The van der Waals surface area contributed by atoms with Crippen LogP contribution >= 0.6 is 12.2 Å². The van der Waals surface area contributed by atoms with Crippen LogP contribution in [-0.4, -0.2) is 16.3 Å². The highest BCUT2D eigenvalue weighted by Crippen LogP contribution is 2.08. The highest BCUT2D eigenvalue weighted by atomic mass is 32.1. The van der Waals surface area contributed by atoms with Gasteiger partial charge in [0.15, 0.2) is 5.11 Å². The minimum atomic E-state index is -1.04. The Kier molecular flexibility index (Phi) is 3.87. The maximum Gasteiger partial charge on any atom is 0.404 e. The second kappa shape index (κ2) is 5.16. The number of amides is 1. The lowest BCUT2D eigenvalue weighted by Crippen LogP contribution is -2.20. The van der Waals surface area contributed by atoms with Gasteiger partial charge in [-0.25, -0.2) is 4.79 Å². The highest BCUT2D eigenvalue weighted by molar-refractivity contribution is 7.80. The van der Waals surface area contributed by atoms with E-state index in [9.17, 15) is 4.79 Å². The molecule has 5 N–H and O–H groups in total. The van der Waals surface area contributed by atoms with Crippen molar-refractivity contribution in [3.8, 4) is 0 Å². The molecule has 0 aliphatic carbocycles. The molecule has 0 radical (unpaired) electrons. The van der Waals surface area contributed by atoms with E-state index in [1.807, 2.05) is 0 Å². The van der Waals surface area contributed by atoms with E-state index < -0.39 is 6.09 Å². The first-order valence-corrected chi connectivity index (χ1v) is 4.61. The molecule has 0 aliphatic rings. The molecule has 6 heteroatoms. The van der Waals surface area contributed by atoms with Crippen LogP contribution in [0.25, 0.3) is 0 Å². The number of anilines is 1. The van der Waals surface area contributed by atoms with Gasteiger partial charge in [-0.2, -0.15) is 0 Å². The second-order valence-electron chi connectivity index (χ2n) is 2.84. The molecule has 0 fully saturated rings. The Morgan fingerprint density at radius 1 is 1.40 bits per heavy atom. The SMILES string of the molecule is NC(=S)Nc1ccc(CNC(=O)O)cc1. The molecule has 0 spiro atoms. The highest BCUT2D eigenvalue weighted by Gasteiger charge is 1.97. The summed E-state index contributed by atoms with van der Waals surface area (Å²) in [5, 5.41) is 13.6. The summed E-state index contributed by atoms with van der Waals surface area (Å²) >= 11 is 4.67. The van der Waals surface area contributed by atoms with Crippen LogP contribution in [0.1, 0.15) is 5.56 Å². The number of carboxylic acid groups (broad SMARTS) is 1. The van der Waals surface area contributed by atoms with Crippen LogP contribution in [0.3, 0.4) is 0 Å². The fourth-order valence-corrected chi connectivity index (χ4v) is 1.14.